The van der Waals surface area contributed by atoms with Crippen molar-refractivity contribution in [2.24, 2.45) is 0 Å². The van der Waals surface area contributed by atoms with Crippen LogP contribution in [0.2, 0.25) is 0 Å². The van der Waals surface area contributed by atoms with E-state index in [4.69, 9.17) is 18.9 Å². The van der Waals surface area contributed by atoms with Gasteiger partial charge in [-0.3, -0.25) is 4.79 Å². The number of carbonyl (C=O) groups excluding carboxylic acids is 1. The van der Waals surface area contributed by atoms with Gasteiger partial charge < -0.3 is 65.1 Å². The molecule has 14 heteroatoms. The molecule has 9 N–H and O–H groups in total. The first-order chi connectivity index (χ1) is 45.1. The fraction of sp³-hybridized carbons (Fsp3) is 0.731. The van der Waals surface area contributed by atoms with Crippen LogP contribution in [0.3, 0.4) is 0 Å². The third-order valence-electron chi connectivity index (χ3n) is 17.2. The minimum absolute atomic E-state index is 0.194. The summed E-state index contributed by atoms with van der Waals surface area (Å²) in [4.78, 5) is 13.3. The average Bonchev–Trinajstić information content (AvgIpc) is 0.836. The van der Waals surface area contributed by atoms with E-state index < -0.39 is 86.8 Å². The van der Waals surface area contributed by atoms with Crippen molar-refractivity contribution >= 4 is 5.91 Å². The second kappa shape index (κ2) is 61.0. The van der Waals surface area contributed by atoms with Crippen LogP contribution in [-0.2, 0) is 23.7 Å². The van der Waals surface area contributed by atoms with E-state index in [1.807, 2.05) is 6.08 Å². The summed E-state index contributed by atoms with van der Waals surface area (Å²) in [5.74, 6) is -0.299. The van der Waals surface area contributed by atoms with Gasteiger partial charge in [-0.25, -0.2) is 0 Å². The predicted octanol–water partition coefficient (Wildman–Crippen LogP) is 15.7. The number of amides is 1. The predicted molar refractivity (Wildman–Crippen MR) is 378 cm³/mol. The van der Waals surface area contributed by atoms with Crippen LogP contribution in [0.5, 0.6) is 0 Å². The maximum atomic E-state index is 13.3. The second-order valence-electron chi connectivity index (χ2n) is 25.3. The SMILES string of the molecule is CC/C=C\C/C=C\C/C=C\C/C=C\C/C=C\C/C=C\C/C=C\C/C=C\C/C=C\CCCC(=O)NC(COC1OC(CO)C(OC2OC(CO)C(O)C(O)C2O)C(O)C1O)C(O)/C=C/CCCCCCCCCCCCCCCCCCCCCCCCCCCCC. The Labute approximate surface area is 558 Å². The Balaban J connectivity index is 1.71. The lowest BCUT2D eigenvalue weighted by atomic mass is 9.97. The number of unbranched alkanes of at least 4 members (excludes halogenated alkanes) is 28. The molecular weight excluding hydrogens is 1160 g/mol. The van der Waals surface area contributed by atoms with Crippen molar-refractivity contribution in [3.8, 4) is 0 Å². The second-order valence-corrected chi connectivity index (χ2v) is 25.3. The maximum absolute atomic E-state index is 13.3. The number of hydrogen-bond acceptors (Lipinski definition) is 13. The van der Waals surface area contributed by atoms with Crippen LogP contribution in [0.4, 0.5) is 0 Å². The van der Waals surface area contributed by atoms with E-state index in [1.165, 1.54) is 154 Å². The minimum Gasteiger partial charge on any atom is -0.394 e. The first kappa shape index (κ1) is 84.5. The molecule has 92 heavy (non-hydrogen) atoms. The molecule has 2 rings (SSSR count). The van der Waals surface area contributed by atoms with Crippen LogP contribution in [0, 0.1) is 0 Å². The molecule has 2 heterocycles. The van der Waals surface area contributed by atoms with Gasteiger partial charge in [-0.05, 0) is 83.5 Å². The Morgan fingerprint density at radius 1 is 0.402 bits per heavy atom. The molecule has 0 aromatic rings. The highest BCUT2D eigenvalue weighted by Gasteiger charge is 2.51. The summed E-state index contributed by atoms with van der Waals surface area (Å²) in [6.45, 7) is 2.67. The van der Waals surface area contributed by atoms with Crippen LogP contribution in [0.25, 0.3) is 0 Å². The zero-order valence-electron chi connectivity index (χ0n) is 57.5. The van der Waals surface area contributed by atoms with Crippen molar-refractivity contribution < 1.29 is 64.6 Å². The summed E-state index contributed by atoms with van der Waals surface area (Å²) in [5.41, 5.74) is 0. The molecule has 0 aliphatic carbocycles. The quantitative estimate of drug-likeness (QED) is 0.0204. The van der Waals surface area contributed by atoms with E-state index >= 15 is 0 Å². The van der Waals surface area contributed by atoms with Gasteiger partial charge in [0.25, 0.3) is 0 Å². The Morgan fingerprint density at radius 2 is 0.750 bits per heavy atom. The topological polar surface area (TPSA) is 228 Å². The zero-order valence-corrected chi connectivity index (χ0v) is 57.5. The van der Waals surface area contributed by atoms with Gasteiger partial charge in [0.1, 0.15) is 48.8 Å². The van der Waals surface area contributed by atoms with E-state index in [9.17, 15) is 45.6 Å². The van der Waals surface area contributed by atoms with Crippen LogP contribution < -0.4 is 5.32 Å². The van der Waals surface area contributed by atoms with Crippen molar-refractivity contribution in [1.82, 2.24) is 5.32 Å². The van der Waals surface area contributed by atoms with Gasteiger partial charge in [0.05, 0.1) is 32.0 Å². The number of rotatable bonds is 59. The summed E-state index contributed by atoms with van der Waals surface area (Å²) < 4.78 is 22.8. The lowest BCUT2D eigenvalue weighted by molar-refractivity contribution is -0.359. The average molecular weight is 1290 g/mol. The Kier molecular flexibility index (Phi) is 56.0. The molecular formula is C78H133NO13. The van der Waals surface area contributed by atoms with Gasteiger partial charge in [0, 0.05) is 6.42 Å². The molecule has 528 valence electrons. The fourth-order valence-electron chi connectivity index (χ4n) is 11.4. The van der Waals surface area contributed by atoms with Crippen LogP contribution in [-0.4, -0.2) is 140 Å². The summed E-state index contributed by atoms with van der Waals surface area (Å²) in [5, 5.41) is 87.5. The molecule has 2 aliphatic rings. The molecule has 0 radical (unpaired) electrons. The molecule has 1 amide bonds. The van der Waals surface area contributed by atoms with Gasteiger partial charge >= 0.3 is 0 Å². The Bertz CT molecular complexity index is 2010. The number of nitrogens with one attached hydrogen (secondary N) is 1. The molecule has 14 nitrogen and oxygen atoms in total. The Morgan fingerprint density at radius 3 is 1.14 bits per heavy atom. The lowest BCUT2D eigenvalue weighted by Gasteiger charge is -2.46. The van der Waals surface area contributed by atoms with Crippen molar-refractivity contribution in [3.63, 3.8) is 0 Å². The van der Waals surface area contributed by atoms with Crippen molar-refractivity contribution in [3.05, 3.63) is 122 Å². The molecule has 0 saturated carbocycles. The molecule has 0 spiro atoms. The first-order valence-corrected chi connectivity index (χ1v) is 36.8. The number of aliphatic hydroxyl groups excluding tert-OH is 8. The highest BCUT2D eigenvalue weighted by atomic mass is 16.7. The highest BCUT2D eigenvalue weighted by molar-refractivity contribution is 5.76. The van der Waals surface area contributed by atoms with Gasteiger partial charge in [-0.2, -0.15) is 0 Å². The molecule has 2 saturated heterocycles. The molecule has 12 unspecified atom stereocenters. The summed E-state index contributed by atoms with van der Waals surface area (Å²) in [7, 11) is 0. The first-order valence-electron chi connectivity index (χ1n) is 36.8. The summed E-state index contributed by atoms with van der Waals surface area (Å²) in [6, 6.07) is -0.957. The van der Waals surface area contributed by atoms with Crippen molar-refractivity contribution in [2.75, 3.05) is 19.8 Å². The summed E-state index contributed by atoms with van der Waals surface area (Å²) in [6.07, 6.45) is 72.6. The van der Waals surface area contributed by atoms with Crippen LogP contribution >= 0.6 is 0 Å². The van der Waals surface area contributed by atoms with E-state index in [0.29, 0.717) is 12.8 Å². The smallest absolute Gasteiger partial charge is 0.220 e. The maximum Gasteiger partial charge on any atom is 0.220 e. The number of aliphatic hydroxyl groups is 8. The lowest BCUT2D eigenvalue weighted by Crippen LogP contribution is -2.65. The molecule has 0 aromatic heterocycles. The van der Waals surface area contributed by atoms with Crippen LogP contribution in [0.15, 0.2) is 122 Å². The normalized spacial score (nSPS) is 23.4. The number of hydrogen-bond donors (Lipinski definition) is 9. The summed E-state index contributed by atoms with van der Waals surface area (Å²) >= 11 is 0. The zero-order chi connectivity index (χ0) is 66.6. The van der Waals surface area contributed by atoms with Gasteiger partial charge in [0.15, 0.2) is 12.6 Å². The third-order valence-corrected chi connectivity index (χ3v) is 17.2. The van der Waals surface area contributed by atoms with Gasteiger partial charge in [0.2, 0.25) is 5.91 Å². The van der Waals surface area contributed by atoms with E-state index in [0.717, 1.165) is 83.5 Å². The number of allylic oxidation sites excluding steroid dienone is 19. The van der Waals surface area contributed by atoms with Gasteiger partial charge in [-0.15, -0.1) is 0 Å². The Hall–Kier alpha value is -3.61. The van der Waals surface area contributed by atoms with E-state index in [1.54, 1.807) is 6.08 Å². The standard InChI is InChI=1S/C78H133NO13/c1-3-5-7-9-11-13-15-17-19-21-23-25-27-29-31-33-35-37-39-41-43-45-47-49-51-53-55-57-59-61-67(82)66(65-89-77-75(88)73(86)76(69(64-81)91-77)92-78-74(87)72(85)71(84)68(63-80)90-78)79-70(83)62-60-58-56-54-52-50-48-46-44-42-40-38-36-34-32-30-28-26-24-22-20-18-16-14-12-10-8-6-4-2/h6,8,12,14,18,20,24,26,30,32,36,38,42,44,48,50,54,56,59,61,66-69,71-78,80-82,84-88H,3-5,7,9-11,13,15-17,19,21-23,25,27-29,31,33-35,37,39-41,43,45-47,49,51-53,55,57-58,60,62-65H2,1-2H3,(H,79,83)/b8-6-,14-12-,20-18-,26-24-,32-30-,38-36-,44-42-,50-48-,56-54-,61-59+. The highest BCUT2D eigenvalue weighted by Crippen LogP contribution is 2.30. The van der Waals surface area contributed by atoms with Crippen molar-refractivity contribution in [1.29, 1.82) is 0 Å². The fourth-order valence-corrected chi connectivity index (χ4v) is 11.4. The van der Waals surface area contributed by atoms with E-state index in [2.05, 4.69) is 129 Å². The largest absolute Gasteiger partial charge is 0.394 e. The molecule has 12 atom stereocenters. The molecule has 2 fully saturated rings. The van der Waals surface area contributed by atoms with Gasteiger partial charge in [-0.1, -0.05) is 302 Å². The molecule has 0 aromatic carbocycles. The number of ether oxygens (including phenoxy) is 4. The van der Waals surface area contributed by atoms with E-state index in [-0.39, 0.29) is 18.9 Å². The molecule has 0 bridgehead atoms. The monoisotopic (exact) mass is 1290 g/mol. The third kappa shape index (κ3) is 44.2. The minimum atomic E-state index is -1.80. The molecule has 2 aliphatic heterocycles. The van der Waals surface area contributed by atoms with Crippen LogP contribution in [0.1, 0.15) is 271 Å². The number of carbonyl (C=O) groups is 1. The van der Waals surface area contributed by atoms with Crippen molar-refractivity contribution in [2.45, 2.75) is 344 Å².